The average molecular weight is 360 g/mol. The number of amides is 3. The van der Waals surface area contributed by atoms with Gasteiger partial charge in [0.2, 0.25) is 5.91 Å². The highest BCUT2D eigenvalue weighted by atomic mass is 32.1. The largest absolute Gasteiger partial charge is 0.378 e. The number of ether oxygens (including phenoxy) is 1. The maximum Gasteiger partial charge on any atom is 0.318 e. The molecule has 1 aliphatic rings. The third-order valence-electron chi connectivity index (χ3n) is 3.86. The Morgan fingerprint density at radius 3 is 2.68 bits per heavy atom. The topological polar surface area (TPSA) is 83.6 Å². The van der Waals surface area contributed by atoms with E-state index in [-0.39, 0.29) is 11.9 Å². The van der Waals surface area contributed by atoms with E-state index in [2.05, 4.69) is 15.6 Å². The molecule has 1 aromatic heterocycles. The molecule has 132 valence electrons. The highest BCUT2D eigenvalue weighted by Gasteiger charge is 2.25. The highest BCUT2D eigenvalue weighted by molar-refractivity contribution is 7.13. The van der Waals surface area contributed by atoms with Gasteiger partial charge in [-0.2, -0.15) is 0 Å². The number of hydrogen-bond acceptors (Lipinski definition) is 5. The van der Waals surface area contributed by atoms with Gasteiger partial charge in [0.15, 0.2) is 5.13 Å². The third-order valence-corrected chi connectivity index (χ3v) is 4.55. The summed E-state index contributed by atoms with van der Waals surface area (Å²) in [4.78, 5) is 30.8. The van der Waals surface area contributed by atoms with E-state index in [1.807, 2.05) is 30.3 Å². The Labute approximate surface area is 150 Å². The zero-order chi connectivity index (χ0) is 17.5. The standard InChI is InChI=1S/C17H20N4O3S/c22-15(20-16-18-6-11-25-16)14(12-13-4-2-1-3-5-13)19-17(23)21-7-9-24-10-8-21/h1-6,11,14H,7-10,12H2,(H,19,23)(H,18,20,22). The third kappa shape index (κ3) is 5.01. The molecule has 1 fully saturated rings. The summed E-state index contributed by atoms with van der Waals surface area (Å²) in [7, 11) is 0. The molecule has 1 unspecified atom stereocenters. The smallest absolute Gasteiger partial charge is 0.318 e. The van der Waals surface area contributed by atoms with E-state index in [1.54, 1.807) is 16.5 Å². The minimum absolute atomic E-state index is 0.251. The molecule has 0 saturated carbocycles. The molecule has 0 spiro atoms. The number of hydrogen-bond donors (Lipinski definition) is 2. The monoisotopic (exact) mass is 360 g/mol. The first kappa shape index (κ1) is 17.4. The van der Waals surface area contributed by atoms with Crippen molar-refractivity contribution in [2.45, 2.75) is 12.5 Å². The second-order valence-corrected chi connectivity index (χ2v) is 6.51. The van der Waals surface area contributed by atoms with E-state index < -0.39 is 6.04 Å². The van der Waals surface area contributed by atoms with Crippen molar-refractivity contribution >= 4 is 28.4 Å². The van der Waals surface area contributed by atoms with Gasteiger partial charge < -0.3 is 20.3 Å². The number of aromatic nitrogens is 1. The second kappa shape index (κ2) is 8.59. The average Bonchev–Trinajstić information content (AvgIpc) is 3.15. The molecule has 2 heterocycles. The molecular formula is C17H20N4O3S. The van der Waals surface area contributed by atoms with Crippen molar-refractivity contribution in [2.75, 3.05) is 31.6 Å². The minimum atomic E-state index is -0.679. The number of nitrogens with one attached hydrogen (secondary N) is 2. The molecular weight excluding hydrogens is 340 g/mol. The molecule has 2 aromatic rings. The predicted molar refractivity (Wildman–Crippen MR) is 95.6 cm³/mol. The Hall–Kier alpha value is -2.45. The first-order valence-electron chi connectivity index (χ1n) is 8.10. The highest BCUT2D eigenvalue weighted by Crippen LogP contribution is 2.12. The molecule has 7 nitrogen and oxygen atoms in total. The van der Waals surface area contributed by atoms with E-state index in [1.165, 1.54) is 11.3 Å². The van der Waals surface area contributed by atoms with Gasteiger partial charge in [-0.25, -0.2) is 9.78 Å². The van der Waals surface area contributed by atoms with E-state index in [9.17, 15) is 9.59 Å². The number of rotatable bonds is 5. The predicted octanol–water partition coefficient (Wildman–Crippen LogP) is 1.73. The summed E-state index contributed by atoms with van der Waals surface area (Å²) in [5.74, 6) is -0.277. The molecule has 3 amide bonds. The summed E-state index contributed by atoms with van der Waals surface area (Å²) in [6.45, 7) is 2.08. The van der Waals surface area contributed by atoms with Crippen molar-refractivity contribution < 1.29 is 14.3 Å². The molecule has 2 N–H and O–H groups in total. The molecule has 1 saturated heterocycles. The van der Waals surface area contributed by atoms with E-state index in [0.717, 1.165) is 5.56 Å². The van der Waals surface area contributed by atoms with Crippen LogP contribution in [0.1, 0.15) is 5.56 Å². The van der Waals surface area contributed by atoms with E-state index in [0.29, 0.717) is 37.9 Å². The Kier molecular flexibility index (Phi) is 5.97. The number of nitrogens with zero attached hydrogens (tertiary/aromatic N) is 2. The van der Waals surface area contributed by atoms with Gasteiger partial charge >= 0.3 is 6.03 Å². The van der Waals surface area contributed by atoms with Crippen molar-refractivity contribution in [3.63, 3.8) is 0 Å². The lowest BCUT2D eigenvalue weighted by molar-refractivity contribution is -0.118. The molecule has 25 heavy (non-hydrogen) atoms. The quantitative estimate of drug-likeness (QED) is 0.851. The van der Waals surface area contributed by atoms with E-state index in [4.69, 9.17) is 4.74 Å². The number of anilines is 1. The van der Waals surface area contributed by atoms with Gasteiger partial charge in [0.25, 0.3) is 0 Å². The Balaban J connectivity index is 1.68. The van der Waals surface area contributed by atoms with Crippen LogP contribution >= 0.6 is 11.3 Å². The molecule has 3 rings (SSSR count). The molecule has 1 aromatic carbocycles. The summed E-state index contributed by atoms with van der Waals surface area (Å²) < 4.78 is 5.26. The lowest BCUT2D eigenvalue weighted by atomic mass is 10.1. The molecule has 0 bridgehead atoms. The van der Waals surface area contributed by atoms with Gasteiger partial charge in [-0.3, -0.25) is 4.79 Å². The zero-order valence-corrected chi connectivity index (χ0v) is 14.5. The van der Waals surface area contributed by atoms with Crippen molar-refractivity contribution in [3.8, 4) is 0 Å². The molecule has 8 heteroatoms. The van der Waals surface area contributed by atoms with Crippen LogP contribution in [0, 0.1) is 0 Å². The van der Waals surface area contributed by atoms with Crippen LogP contribution < -0.4 is 10.6 Å². The number of benzene rings is 1. The van der Waals surface area contributed by atoms with Crippen LogP contribution in [-0.2, 0) is 16.0 Å². The number of carbonyl (C=O) groups excluding carboxylic acids is 2. The fourth-order valence-electron chi connectivity index (χ4n) is 2.54. The van der Waals surface area contributed by atoms with Crippen LogP contribution in [0.2, 0.25) is 0 Å². The maximum atomic E-state index is 12.6. The molecule has 1 atom stereocenters. The lowest BCUT2D eigenvalue weighted by Crippen LogP contribution is -2.53. The summed E-state index contributed by atoms with van der Waals surface area (Å²) in [6.07, 6.45) is 2.03. The Morgan fingerprint density at radius 1 is 1.24 bits per heavy atom. The van der Waals surface area contributed by atoms with Gasteiger partial charge in [-0.1, -0.05) is 30.3 Å². The number of thiazole rings is 1. The van der Waals surface area contributed by atoms with Gasteiger partial charge in [0, 0.05) is 31.1 Å². The minimum Gasteiger partial charge on any atom is -0.378 e. The van der Waals surface area contributed by atoms with Crippen molar-refractivity contribution in [1.82, 2.24) is 15.2 Å². The Bertz CT molecular complexity index is 687. The van der Waals surface area contributed by atoms with Crippen molar-refractivity contribution in [3.05, 3.63) is 47.5 Å². The zero-order valence-electron chi connectivity index (χ0n) is 13.7. The molecule has 0 aliphatic carbocycles. The van der Waals surface area contributed by atoms with Gasteiger partial charge in [0.1, 0.15) is 6.04 Å². The van der Waals surface area contributed by atoms with Gasteiger partial charge in [0.05, 0.1) is 13.2 Å². The van der Waals surface area contributed by atoms with Gasteiger partial charge in [-0.05, 0) is 5.56 Å². The SMILES string of the molecule is O=C(Nc1nccs1)C(Cc1ccccc1)NC(=O)N1CCOCC1. The lowest BCUT2D eigenvalue weighted by Gasteiger charge is -2.29. The Morgan fingerprint density at radius 2 is 2.00 bits per heavy atom. The second-order valence-electron chi connectivity index (χ2n) is 5.62. The van der Waals surface area contributed by atoms with Crippen LogP contribution in [0.4, 0.5) is 9.93 Å². The van der Waals surface area contributed by atoms with Gasteiger partial charge in [-0.15, -0.1) is 11.3 Å². The fourth-order valence-corrected chi connectivity index (χ4v) is 3.08. The number of urea groups is 1. The number of morpholine rings is 1. The summed E-state index contributed by atoms with van der Waals surface area (Å²) in [6, 6.07) is 8.68. The molecule has 1 aliphatic heterocycles. The van der Waals surface area contributed by atoms with E-state index >= 15 is 0 Å². The van der Waals surface area contributed by atoms with Crippen LogP contribution in [0.3, 0.4) is 0 Å². The van der Waals surface area contributed by atoms with Crippen molar-refractivity contribution in [2.24, 2.45) is 0 Å². The first-order chi connectivity index (χ1) is 12.2. The van der Waals surface area contributed by atoms with Crippen molar-refractivity contribution in [1.29, 1.82) is 0 Å². The fraction of sp³-hybridized carbons (Fsp3) is 0.353. The molecule has 0 radical (unpaired) electrons. The summed E-state index contributed by atoms with van der Waals surface area (Å²) in [5.41, 5.74) is 0.976. The van der Waals surface area contributed by atoms with Crippen LogP contribution in [0.25, 0.3) is 0 Å². The number of carbonyl (C=O) groups is 2. The van der Waals surface area contributed by atoms with Crippen LogP contribution in [0.15, 0.2) is 41.9 Å². The summed E-state index contributed by atoms with van der Waals surface area (Å²) >= 11 is 1.34. The first-order valence-corrected chi connectivity index (χ1v) is 8.98. The summed E-state index contributed by atoms with van der Waals surface area (Å²) in [5, 5.41) is 7.91. The maximum absolute atomic E-state index is 12.6. The van der Waals surface area contributed by atoms with Crippen LogP contribution in [0.5, 0.6) is 0 Å². The van der Waals surface area contributed by atoms with Crippen LogP contribution in [-0.4, -0.2) is 54.2 Å². The normalized spacial score (nSPS) is 15.4.